The molecule has 2 rings (SSSR count). The van der Waals surface area contributed by atoms with Crippen LogP contribution in [0.15, 0.2) is 27.5 Å². The number of rotatable bonds is 3. The molecule has 0 saturated heterocycles. The van der Waals surface area contributed by atoms with Crippen LogP contribution in [0, 0.1) is 6.92 Å². The number of hydrogen-bond donors (Lipinski definition) is 2. The first-order valence-corrected chi connectivity index (χ1v) is 6.43. The summed E-state index contributed by atoms with van der Waals surface area (Å²) in [5.74, 6) is 6.33. The van der Waals surface area contributed by atoms with Gasteiger partial charge in [-0.15, -0.1) is 0 Å². The Kier molecular flexibility index (Phi) is 3.65. The number of nitrogens with zero attached hydrogens (tertiary/aromatic N) is 2. The lowest BCUT2D eigenvalue weighted by atomic mass is 10.1. The van der Waals surface area contributed by atoms with E-state index in [4.69, 9.17) is 5.84 Å². The van der Waals surface area contributed by atoms with Crippen LogP contribution in [0.4, 0.5) is 0 Å². The van der Waals surface area contributed by atoms with Gasteiger partial charge in [-0.1, -0.05) is 0 Å². The molecule has 0 bridgehead atoms. The molecule has 0 fully saturated rings. The van der Waals surface area contributed by atoms with Gasteiger partial charge in [0, 0.05) is 21.6 Å². The van der Waals surface area contributed by atoms with Gasteiger partial charge in [0.1, 0.15) is 5.82 Å². The fourth-order valence-electron chi connectivity index (χ4n) is 1.47. The Hall–Kier alpha value is -0.820. The van der Waals surface area contributed by atoms with Crippen LogP contribution < -0.4 is 11.3 Å². The quantitative estimate of drug-likeness (QED) is 0.673. The van der Waals surface area contributed by atoms with Gasteiger partial charge in [-0.3, -0.25) is 5.84 Å². The van der Waals surface area contributed by atoms with E-state index in [0.717, 1.165) is 21.6 Å². The summed E-state index contributed by atoms with van der Waals surface area (Å²) in [6.07, 6.45) is 1.74. The number of thiophene rings is 1. The van der Waals surface area contributed by atoms with Crippen LogP contribution in [0.1, 0.15) is 23.1 Å². The predicted molar refractivity (Wildman–Crippen MR) is 68.0 cm³/mol. The molecule has 0 aliphatic heterocycles. The molecule has 0 aromatic carbocycles. The van der Waals surface area contributed by atoms with Crippen molar-refractivity contribution in [1.29, 1.82) is 0 Å². The maximum absolute atomic E-state index is 5.59. The van der Waals surface area contributed by atoms with E-state index in [1.807, 2.05) is 23.8 Å². The first-order chi connectivity index (χ1) is 7.72. The lowest BCUT2D eigenvalue weighted by molar-refractivity contribution is 0.616. The van der Waals surface area contributed by atoms with E-state index in [1.54, 1.807) is 17.5 Å². The minimum absolute atomic E-state index is 0.109. The molecular formula is C10H11BrN4S. The van der Waals surface area contributed by atoms with Gasteiger partial charge in [-0.2, -0.15) is 11.3 Å². The van der Waals surface area contributed by atoms with Crippen molar-refractivity contribution in [2.24, 2.45) is 5.84 Å². The molecule has 1 atom stereocenters. The summed E-state index contributed by atoms with van der Waals surface area (Å²) in [6.45, 7) is 1.86. The van der Waals surface area contributed by atoms with Crippen LogP contribution in [0.2, 0.25) is 0 Å². The minimum atomic E-state index is -0.109. The van der Waals surface area contributed by atoms with Crippen molar-refractivity contribution in [3.8, 4) is 0 Å². The Morgan fingerprint density at radius 2 is 2.31 bits per heavy atom. The van der Waals surface area contributed by atoms with Crippen LogP contribution in [0.25, 0.3) is 0 Å². The molecular weight excluding hydrogens is 288 g/mol. The fourth-order valence-corrected chi connectivity index (χ4v) is 3.02. The van der Waals surface area contributed by atoms with Crippen molar-refractivity contribution in [3.05, 3.63) is 44.6 Å². The highest BCUT2D eigenvalue weighted by Crippen LogP contribution is 2.30. The molecule has 4 nitrogen and oxygen atoms in total. The first kappa shape index (κ1) is 11.7. The molecule has 3 N–H and O–H groups in total. The molecule has 0 aliphatic rings. The number of aromatic nitrogens is 2. The molecule has 2 heterocycles. The molecule has 0 saturated carbocycles. The SMILES string of the molecule is Cc1nccc(C(NN)c2cscc2Br)n1. The second-order valence-corrected chi connectivity index (χ2v) is 4.90. The van der Waals surface area contributed by atoms with Gasteiger partial charge in [0.05, 0.1) is 11.7 Å². The summed E-state index contributed by atoms with van der Waals surface area (Å²) >= 11 is 5.12. The molecule has 2 aromatic heterocycles. The number of nitrogens with two attached hydrogens (primary N) is 1. The Labute approximate surface area is 106 Å². The van der Waals surface area contributed by atoms with Gasteiger partial charge in [-0.25, -0.2) is 15.4 Å². The molecule has 0 aliphatic carbocycles. The summed E-state index contributed by atoms with van der Waals surface area (Å²) in [5.41, 5.74) is 4.73. The summed E-state index contributed by atoms with van der Waals surface area (Å²) in [6, 6.07) is 1.75. The van der Waals surface area contributed by atoms with Gasteiger partial charge in [0.15, 0.2) is 0 Å². The summed E-state index contributed by atoms with van der Waals surface area (Å²) < 4.78 is 1.04. The van der Waals surface area contributed by atoms with Crippen LogP contribution in [0.3, 0.4) is 0 Å². The molecule has 84 valence electrons. The van der Waals surface area contributed by atoms with Gasteiger partial charge in [0.2, 0.25) is 0 Å². The van der Waals surface area contributed by atoms with Crippen molar-refractivity contribution in [1.82, 2.24) is 15.4 Å². The summed E-state index contributed by atoms with van der Waals surface area (Å²) in [4.78, 5) is 8.44. The zero-order chi connectivity index (χ0) is 11.5. The number of nitrogens with one attached hydrogen (secondary N) is 1. The van der Waals surface area contributed by atoms with E-state index < -0.39 is 0 Å². The predicted octanol–water partition coefficient (Wildman–Crippen LogP) is 2.16. The van der Waals surface area contributed by atoms with Gasteiger partial charge < -0.3 is 0 Å². The molecule has 16 heavy (non-hydrogen) atoms. The largest absolute Gasteiger partial charge is 0.271 e. The smallest absolute Gasteiger partial charge is 0.125 e. The standard InChI is InChI=1S/C10H11BrN4S/c1-6-13-3-2-9(14-6)10(15-12)7-4-16-5-8(7)11/h2-5,10,15H,12H2,1H3. The normalized spacial score (nSPS) is 12.7. The zero-order valence-corrected chi connectivity index (χ0v) is 11.0. The monoisotopic (exact) mass is 298 g/mol. The highest BCUT2D eigenvalue weighted by molar-refractivity contribution is 9.10. The second kappa shape index (κ2) is 5.01. The first-order valence-electron chi connectivity index (χ1n) is 4.69. The Morgan fingerprint density at radius 1 is 1.50 bits per heavy atom. The zero-order valence-electron chi connectivity index (χ0n) is 8.64. The number of halogens is 1. The van der Waals surface area contributed by atoms with Gasteiger partial charge in [-0.05, 0) is 34.3 Å². The average Bonchev–Trinajstić information content (AvgIpc) is 2.67. The van der Waals surface area contributed by atoms with E-state index in [-0.39, 0.29) is 6.04 Å². The molecule has 0 radical (unpaired) electrons. The van der Waals surface area contributed by atoms with E-state index in [1.165, 1.54) is 0 Å². The molecule has 0 spiro atoms. The summed E-state index contributed by atoms with van der Waals surface area (Å²) in [7, 11) is 0. The number of hydrazine groups is 1. The van der Waals surface area contributed by atoms with E-state index >= 15 is 0 Å². The van der Waals surface area contributed by atoms with E-state index in [9.17, 15) is 0 Å². The topological polar surface area (TPSA) is 63.8 Å². The van der Waals surface area contributed by atoms with Crippen LogP contribution in [0.5, 0.6) is 0 Å². The third-order valence-electron chi connectivity index (χ3n) is 2.21. The van der Waals surface area contributed by atoms with E-state index in [0.29, 0.717) is 0 Å². The Balaban J connectivity index is 2.40. The van der Waals surface area contributed by atoms with Gasteiger partial charge >= 0.3 is 0 Å². The maximum Gasteiger partial charge on any atom is 0.125 e. The average molecular weight is 299 g/mol. The van der Waals surface area contributed by atoms with Crippen molar-refractivity contribution in [2.45, 2.75) is 13.0 Å². The summed E-state index contributed by atoms with van der Waals surface area (Å²) in [5, 5.41) is 4.07. The maximum atomic E-state index is 5.59. The van der Waals surface area contributed by atoms with Crippen molar-refractivity contribution in [3.63, 3.8) is 0 Å². The molecule has 6 heteroatoms. The lowest BCUT2D eigenvalue weighted by Gasteiger charge is -2.15. The van der Waals surface area contributed by atoms with Crippen LogP contribution in [-0.4, -0.2) is 9.97 Å². The number of aryl methyl sites for hydroxylation is 1. The molecule has 0 amide bonds. The second-order valence-electron chi connectivity index (χ2n) is 3.30. The van der Waals surface area contributed by atoms with Crippen molar-refractivity contribution >= 4 is 27.3 Å². The Morgan fingerprint density at radius 3 is 2.88 bits per heavy atom. The Bertz CT molecular complexity index is 485. The van der Waals surface area contributed by atoms with Gasteiger partial charge in [0.25, 0.3) is 0 Å². The van der Waals surface area contributed by atoms with Crippen molar-refractivity contribution in [2.75, 3.05) is 0 Å². The highest BCUT2D eigenvalue weighted by Gasteiger charge is 2.17. The van der Waals surface area contributed by atoms with Crippen LogP contribution in [-0.2, 0) is 0 Å². The third-order valence-corrected chi connectivity index (χ3v) is 3.96. The fraction of sp³-hybridized carbons (Fsp3) is 0.200. The van der Waals surface area contributed by atoms with E-state index in [2.05, 4.69) is 31.3 Å². The van der Waals surface area contributed by atoms with Crippen molar-refractivity contribution < 1.29 is 0 Å². The lowest BCUT2D eigenvalue weighted by Crippen LogP contribution is -2.29. The minimum Gasteiger partial charge on any atom is -0.271 e. The molecule has 2 aromatic rings. The highest BCUT2D eigenvalue weighted by atomic mass is 79.9. The third kappa shape index (κ3) is 2.30. The number of hydrogen-bond acceptors (Lipinski definition) is 5. The van der Waals surface area contributed by atoms with Crippen LogP contribution >= 0.6 is 27.3 Å². The molecule has 1 unspecified atom stereocenters.